The molecule has 1 saturated heterocycles. The molecule has 2 rings (SSSR count). The van der Waals surface area contributed by atoms with Crippen molar-refractivity contribution in [3.05, 3.63) is 0 Å². The topological polar surface area (TPSA) is 3.24 Å². The van der Waals surface area contributed by atoms with Crippen molar-refractivity contribution in [2.24, 2.45) is 16.7 Å². The van der Waals surface area contributed by atoms with Crippen LogP contribution in [0.5, 0.6) is 0 Å². The number of hydrogen-bond acceptors (Lipinski definition) is 1. The Balaban J connectivity index is 1.88. The fourth-order valence-corrected chi connectivity index (χ4v) is 4.10. The summed E-state index contributed by atoms with van der Waals surface area (Å²) in [6.07, 6.45) is 8.79. The molecule has 1 aliphatic carbocycles. The first-order valence-electron chi connectivity index (χ1n) is 7.71. The van der Waals surface area contributed by atoms with Crippen molar-refractivity contribution in [1.29, 1.82) is 0 Å². The lowest BCUT2D eigenvalue weighted by atomic mass is 9.78. The van der Waals surface area contributed by atoms with Crippen LogP contribution in [0.4, 0.5) is 0 Å². The first kappa shape index (κ1) is 13.4. The Hall–Kier alpha value is -0.0400. The molecule has 100 valence electrons. The largest absolute Gasteiger partial charge is 0.303 e. The van der Waals surface area contributed by atoms with Gasteiger partial charge in [-0.05, 0) is 61.9 Å². The summed E-state index contributed by atoms with van der Waals surface area (Å²) in [5.74, 6) is 1.02. The molecule has 1 aliphatic heterocycles. The zero-order valence-corrected chi connectivity index (χ0v) is 12.4. The Labute approximate surface area is 108 Å². The summed E-state index contributed by atoms with van der Waals surface area (Å²) in [6, 6.07) is 0. The van der Waals surface area contributed by atoms with E-state index in [0.717, 1.165) is 11.3 Å². The highest BCUT2D eigenvalue weighted by Gasteiger charge is 2.44. The second kappa shape index (κ2) is 4.91. The van der Waals surface area contributed by atoms with Crippen LogP contribution in [0.3, 0.4) is 0 Å². The zero-order chi connectivity index (χ0) is 12.5. The third kappa shape index (κ3) is 3.05. The summed E-state index contributed by atoms with van der Waals surface area (Å²) in [7, 11) is 0. The van der Waals surface area contributed by atoms with Crippen molar-refractivity contribution in [2.75, 3.05) is 19.6 Å². The van der Waals surface area contributed by atoms with Gasteiger partial charge in [-0.1, -0.05) is 34.1 Å². The van der Waals surface area contributed by atoms with E-state index in [9.17, 15) is 0 Å². The van der Waals surface area contributed by atoms with E-state index in [1.54, 1.807) is 0 Å². The Morgan fingerprint density at radius 3 is 2.59 bits per heavy atom. The number of likely N-dealkylation sites (tertiary alicyclic amines) is 1. The first-order chi connectivity index (χ1) is 7.99. The molecule has 0 radical (unpaired) electrons. The van der Waals surface area contributed by atoms with E-state index in [4.69, 9.17) is 0 Å². The van der Waals surface area contributed by atoms with Crippen LogP contribution in [0.2, 0.25) is 0 Å². The quantitative estimate of drug-likeness (QED) is 0.703. The number of hydrogen-bond donors (Lipinski definition) is 0. The molecule has 0 aromatic rings. The number of nitrogens with zero attached hydrogens (tertiary/aromatic N) is 1. The van der Waals surface area contributed by atoms with Crippen molar-refractivity contribution in [3.63, 3.8) is 0 Å². The van der Waals surface area contributed by atoms with Crippen LogP contribution in [0.15, 0.2) is 0 Å². The zero-order valence-electron chi connectivity index (χ0n) is 12.4. The SMILES string of the molecule is CCN1CCC2(CCC(CC(C)(C)CC)C2)C1. The van der Waals surface area contributed by atoms with Crippen LogP contribution in [-0.4, -0.2) is 24.5 Å². The van der Waals surface area contributed by atoms with Gasteiger partial charge in [0.15, 0.2) is 0 Å². The third-order valence-corrected chi connectivity index (χ3v) is 5.57. The van der Waals surface area contributed by atoms with E-state index in [2.05, 4.69) is 32.6 Å². The molecular formula is C16H31N. The molecule has 0 aromatic heterocycles. The van der Waals surface area contributed by atoms with Crippen LogP contribution in [0.1, 0.15) is 66.2 Å². The lowest BCUT2D eigenvalue weighted by Gasteiger charge is -2.28. The van der Waals surface area contributed by atoms with Crippen LogP contribution in [-0.2, 0) is 0 Å². The highest BCUT2D eigenvalue weighted by atomic mass is 15.1. The smallest absolute Gasteiger partial charge is 0.00384 e. The molecule has 17 heavy (non-hydrogen) atoms. The van der Waals surface area contributed by atoms with Gasteiger partial charge in [0.25, 0.3) is 0 Å². The molecule has 1 heteroatoms. The highest BCUT2D eigenvalue weighted by molar-refractivity contribution is 4.96. The molecule has 0 amide bonds. The van der Waals surface area contributed by atoms with E-state index in [0.29, 0.717) is 5.41 Å². The Kier molecular flexibility index (Phi) is 3.87. The van der Waals surface area contributed by atoms with Crippen molar-refractivity contribution in [2.45, 2.75) is 66.2 Å². The summed E-state index contributed by atoms with van der Waals surface area (Å²) < 4.78 is 0. The van der Waals surface area contributed by atoms with Gasteiger partial charge in [-0.15, -0.1) is 0 Å². The van der Waals surface area contributed by atoms with Crippen LogP contribution in [0, 0.1) is 16.7 Å². The molecule has 1 spiro atoms. The fourth-order valence-electron chi connectivity index (χ4n) is 4.10. The number of rotatable bonds is 4. The van der Waals surface area contributed by atoms with Gasteiger partial charge in [-0.2, -0.15) is 0 Å². The summed E-state index contributed by atoms with van der Waals surface area (Å²) in [6.45, 7) is 13.6. The lowest BCUT2D eigenvalue weighted by Crippen LogP contribution is -2.25. The standard InChI is InChI=1S/C16H31N/c1-5-15(3,4)11-14-7-8-16(12-14)9-10-17(6-2)13-16/h14H,5-13H2,1-4H3. The van der Waals surface area contributed by atoms with E-state index >= 15 is 0 Å². The van der Waals surface area contributed by atoms with E-state index in [1.807, 2.05) is 0 Å². The average molecular weight is 237 g/mol. The Bertz CT molecular complexity index is 258. The van der Waals surface area contributed by atoms with Crippen molar-refractivity contribution < 1.29 is 0 Å². The molecule has 2 unspecified atom stereocenters. The molecule has 1 heterocycles. The van der Waals surface area contributed by atoms with E-state index < -0.39 is 0 Å². The predicted octanol–water partition coefficient (Wildman–Crippen LogP) is 4.32. The van der Waals surface area contributed by atoms with E-state index in [-0.39, 0.29) is 0 Å². The van der Waals surface area contributed by atoms with Crippen molar-refractivity contribution >= 4 is 0 Å². The van der Waals surface area contributed by atoms with Gasteiger partial charge in [-0.3, -0.25) is 0 Å². The molecule has 0 N–H and O–H groups in total. The van der Waals surface area contributed by atoms with Gasteiger partial charge in [0.1, 0.15) is 0 Å². The molecular weight excluding hydrogens is 206 g/mol. The molecule has 2 fully saturated rings. The van der Waals surface area contributed by atoms with Crippen LogP contribution in [0.25, 0.3) is 0 Å². The minimum absolute atomic E-state index is 0.569. The molecule has 1 saturated carbocycles. The van der Waals surface area contributed by atoms with Gasteiger partial charge in [-0.25, -0.2) is 0 Å². The molecule has 1 nitrogen and oxygen atoms in total. The van der Waals surface area contributed by atoms with Gasteiger partial charge in [0.05, 0.1) is 0 Å². The average Bonchev–Trinajstić information content (AvgIpc) is 2.87. The second-order valence-corrected chi connectivity index (χ2v) is 7.45. The van der Waals surface area contributed by atoms with Crippen molar-refractivity contribution in [3.8, 4) is 0 Å². The predicted molar refractivity (Wildman–Crippen MR) is 75.2 cm³/mol. The Morgan fingerprint density at radius 2 is 2.00 bits per heavy atom. The maximum atomic E-state index is 2.66. The fraction of sp³-hybridized carbons (Fsp3) is 1.00. The van der Waals surface area contributed by atoms with Crippen molar-refractivity contribution in [1.82, 2.24) is 4.90 Å². The monoisotopic (exact) mass is 237 g/mol. The summed E-state index contributed by atoms with van der Waals surface area (Å²) in [5, 5.41) is 0. The van der Waals surface area contributed by atoms with Gasteiger partial charge in [0.2, 0.25) is 0 Å². The lowest BCUT2D eigenvalue weighted by molar-refractivity contribution is 0.225. The minimum atomic E-state index is 0.569. The third-order valence-electron chi connectivity index (χ3n) is 5.57. The van der Waals surface area contributed by atoms with Gasteiger partial charge >= 0.3 is 0 Å². The maximum absolute atomic E-state index is 2.66. The Morgan fingerprint density at radius 1 is 1.24 bits per heavy atom. The maximum Gasteiger partial charge on any atom is 0.00384 e. The highest BCUT2D eigenvalue weighted by Crippen LogP contribution is 2.51. The summed E-state index contributed by atoms with van der Waals surface area (Å²) in [4.78, 5) is 2.66. The molecule has 2 atom stereocenters. The normalized spacial score (nSPS) is 34.9. The van der Waals surface area contributed by atoms with E-state index in [1.165, 1.54) is 58.2 Å². The summed E-state index contributed by atoms with van der Waals surface area (Å²) >= 11 is 0. The minimum Gasteiger partial charge on any atom is -0.303 e. The first-order valence-corrected chi connectivity index (χ1v) is 7.71. The van der Waals surface area contributed by atoms with Gasteiger partial charge < -0.3 is 4.90 Å². The molecule has 0 bridgehead atoms. The van der Waals surface area contributed by atoms with Gasteiger partial charge in [0, 0.05) is 6.54 Å². The summed E-state index contributed by atoms with van der Waals surface area (Å²) in [5.41, 5.74) is 1.30. The second-order valence-electron chi connectivity index (χ2n) is 7.45. The van der Waals surface area contributed by atoms with Crippen LogP contribution >= 0.6 is 0 Å². The van der Waals surface area contributed by atoms with Crippen LogP contribution < -0.4 is 0 Å². The molecule has 2 aliphatic rings. The molecule has 0 aromatic carbocycles.